The van der Waals surface area contributed by atoms with E-state index in [0.29, 0.717) is 16.8 Å². The maximum Gasteiger partial charge on any atom is 0.0635 e. The SMILES string of the molecule is Nc1cc(CN2CCC(N3CCOCC3)C2)ccc1Cl. The molecule has 0 bridgehead atoms. The highest BCUT2D eigenvalue weighted by molar-refractivity contribution is 6.33. The summed E-state index contributed by atoms with van der Waals surface area (Å²) in [6, 6.07) is 6.64. The molecule has 0 aromatic heterocycles. The number of halogens is 1. The summed E-state index contributed by atoms with van der Waals surface area (Å²) in [6.45, 7) is 7.17. The fraction of sp³-hybridized carbons (Fsp3) is 0.600. The van der Waals surface area contributed by atoms with Crippen molar-refractivity contribution in [3.05, 3.63) is 28.8 Å². The second-order valence-corrected chi connectivity index (χ2v) is 6.09. The Labute approximate surface area is 125 Å². The predicted molar refractivity (Wildman–Crippen MR) is 81.9 cm³/mol. The molecule has 4 nitrogen and oxygen atoms in total. The van der Waals surface area contributed by atoms with E-state index >= 15 is 0 Å². The topological polar surface area (TPSA) is 41.7 Å². The molecule has 1 aromatic carbocycles. The average molecular weight is 296 g/mol. The first-order valence-electron chi connectivity index (χ1n) is 7.30. The number of nitrogens with zero attached hydrogens (tertiary/aromatic N) is 2. The average Bonchev–Trinajstić information content (AvgIpc) is 2.92. The van der Waals surface area contributed by atoms with Gasteiger partial charge in [0.1, 0.15) is 0 Å². The van der Waals surface area contributed by atoms with Crippen LogP contribution in [0.2, 0.25) is 5.02 Å². The quantitative estimate of drug-likeness (QED) is 0.864. The van der Waals surface area contributed by atoms with Crippen molar-refractivity contribution >= 4 is 17.3 Å². The van der Waals surface area contributed by atoms with Crippen LogP contribution in [0.3, 0.4) is 0 Å². The number of likely N-dealkylation sites (tertiary alicyclic amines) is 1. The number of nitrogens with two attached hydrogens (primary N) is 1. The van der Waals surface area contributed by atoms with Crippen molar-refractivity contribution in [1.29, 1.82) is 0 Å². The Hall–Kier alpha value is -0.810. The molecule has 2 aliphatic rings. The molecule has 5 heteroatoms. The van der Waals surface area contributed by atoms with Crippen LogP contribution in [0.25, 0.3) is 0 Å². The summed E-state index contributed by atoms with van der Waals surface area (Å²) in [6.07, 6.45) is 1.25. The molecular formula is C15H22ClN3O. The van der Waals surface area contributed by atoms with E-state index in [2.05, 4.69) is 15.9 Å². The minimum Gasteiger partial charge on any atom is -0.398 e. The van der Waals surface area contributed by atoms with Gasteiger partial charge in [0.05, 0.1) is 23.9 Å². The monoisotopic (exact) mass is 295 g/mol. The van der Waals surface area contributed by atoms with Gasteiger partial charge in [0.25, 0.3) is 0 Å². The Bertz CT molecular complexity index is 462. The van der Waals surface area contributed by atoms with Crippen molar-refractivity contribution in [1.82, 2.24) is 9.80 Å². The third-order valence-electron chi connectivity index (χ3n) is 4.28. The van der Waals surface area contributed by atoms with E-state index in [-0.39, 0.29) is 0 Å². The lowest BCUT2D eigenvalue weighted by Crippen LogP contribution is -2.44. The zero-order valence-corrected chi connectivity index (χ0v) is 12.5. The second kappa shape index (κ2) is 6.31. The Morgan fingerprint density at radius 2 is 2.05 bits per heavy atom. The first kappa shape index (κ1) is 14.1. The fourth-order valence-corrected chi connectivity index (χ4v) is 3.26. The van der Waals surface area contributed by atoms with E-state index < -0.39 is 0 Å². The fourth-order valence-electron chi connectivity index (χ4n) is 3.15. The molecule has 2 N–H and O–H groups in total. The summed E-state index contributed by atoms with van der Waals surface area (Å²) in [7, 11) is 0. The van der Waals surface area contributed by atoms with E-state index in [1.165, 1.54) is 12.0 Å². The third-order valence-corrected chi connectivity index (χ3v) is 4.62. The lowest BCUT2D eigenvalue weighted by Gasteiger charge is -2.32. The van der Waals surface area contributed by atoms with Gasteiger partial charge in [-0.1, -0.05) is 17.7 Å². The zero-order chi connectivity index (χ0) is 13.9. The summed E-state index contributed by atoms with van der Waals surface area (Å²) < 4.78 is 5.42. The van der Waals surface area contributed by atoms with Gasteiger partial charge in [-0.05, 0) is 24.1 Å². The molecule has 110 valence electrons. The molecule has 3 rings (SSSR count). The summed E-state index contributed by atoms with van der Waals surface area (Å²) >= 11 is 5.96. The number of nitrogen functional groups attached to an aromatic ring is 1. The first-order chi connectivity index (χ1) is 9.72. The number of rotatable bonds is 3. The van der Waals surface area contributed by atoms with Crippen LogP contribution in [0.4, 0.5) is 5.69 Å². The third kappa shape index (κ3) is 3.26. The van der Waals surface area contributed by atoms with Crippen LogP contribution in [0, 0.1) is 0 Å². The molecule has 1 atom stereocenters. The molecule has 0 saturated carbocycles. The van der Waals surface area contributed by atoms with E-state index in [0.717, 1.165) is 45.9 Å². The Morgan fingerprint density at radius 3 is 2.80 bits per heavy atom. The molecule has 0 amide bonds. The number of benzene rings is 1. The van der Waals surface area contributed by atoms with Crippen molar-refractivity contribution in [3.63, 3.8) is 0 Å². The molecule has 2 heterocycles. The van der Waals surface area contributed by atoms with Crippen LogP contribution in [-0.2, 0) is 11.3 Å². The van der Waals surface area contributed by atoms with Crippen molar-refractivity contribution in [2.24, 2.45) is 0 Å². The van der Waals surface area contributed by atoms with Gasteiger partial charge < -0.3 is 10.5 Å². The van der Waals surface area contributed by atoms with E-state index in [1.807, 2.05) is 12.1 Å². The van der Waals surface area contributed by atoms with Gasteiger partial charge in [-0.2, -0.15) is 0 Å². The van der Waals surface area contributed by atoms with Crippen molar-refractivity contribution in [2.75, 3.05) is 45.1 Å². The normalized spacial score (nSPS) is 25.1. The molecule has 2 fully saturated rings. The standard InChI is InChI=1S/C15H22ClN3O/c16-14-2-1-12(9-15(14)17)10-18-4-3-13(11-18)19-5-7-20-8-6-19/h1-2,9,13H,3-8,10-11,17H2. The molecule has 2 aliphatic heterocycles. The van der Waals surface area contributed by atoms with E-state index in [9.17, 15) is 0 Å². The van der Waals surface area contributed by atoms with Crippen LogP contribution in [0.15, 0.2) is 18.2 Å². The van der Waals surface area contributed by atoms with Gasteiger partial charge in [0.2, 0.25) is 0 Å². The highest BCUT2D eigenvalue weighted by atomic mass is 35.5. The van der Waals surface area contributed by atoms with Crippen LogP contribution < -0.4 is 5.73 Å². The second-order valence-electron chi connectivity index (χ2n) is 5.68. The molecule has 1 aromatic rings. The van der Waals surface area contributed by atoms with Gasteiger partial charge in [-0.3, -0.25) is 9.80 Å². The maximum absolute atomic E-state index is 5.96. The summed E-state index contributed by atoms with van der Waals surface area (Å²) in [5.41, 5.74) is 7.79. The Kier molecular flexibility index (Phi) is 4.46. The maximum atomic E-state index is 5.96. The lowest BCUT2D eigenvalue weighted by atomic mass is 10.2. The van der Waals surface area contributed by atoms with Gasteiger partial charge in [-0.15, -0.1) is 0 Å². The van der Waals surface area contributed by atoms with Gasteiger partial charge in [-0.25, -0.2) is 0 Å². The molecule has 2 saturated heterocycles. The Morgan fingerprint density at radius 1 is 1.25 bits per heavy atom. The van der Waals surface area contributed by atoms with Gasteiger partial charge in [0, 0.05) is 38.8 Å². The summed E-state index contributed by atoms with van der Waals surface area (Å²) in [4.78, 5) is 5.07. The number of ether oxygens (including phenoxy) is 1. The van der Waals surface area contributed by atoms with Crippen LogP contribution in [-0.4, -0.2) is 55.2 Å². The molecule has 1 unspecified atom stereocenters. The van der Waals surface area contributed by atoms with E-state index in [4.69, 9.17) is 22.1 Å². The van der Waals surface area contributed by atoms with Crippen LogP contribution in [0.5, 0.6) is 0 Å². The minimum absolute atomic E-state index is 0.640. The summed E-state index contributed by atoms with van der Waals surface area (Å²) in [5.74, 6) is 0. The van der Waals surface area contributed by atoms with Crippen molar-refractivity contribution < 1.29 is 4.74 Å². The Balaban J connectivity index is 1.55. The highest BCUT2D eigenvalue weighted by Crippen LogP contribution is 2.23. The van der Waals surface area contributed by atoms with Crippen molar-refractivity contribution in [3.8, 4) is 0 Å². The number of hydrogen-bond acceptors (Lipinski definition) is 4. The lowest BCUT2D eigenvalue weighted by molar-refractivity contribution is 0.0184. The van der Waals surface area contributed by atoms with Gasteiger partial charge in [0.15, 0.2) is 0 Å². The highest BCUT2D eigenvalue weighted by Gasteiger charge is 2.28. The number of hydrogen-bond donors (Lipinski definition) is 1. The smallest absolute Gasteiger partial charge is 0.0635 e. The van der Waals surface area contributed by atoms with Gasteiger partial charge >= 0.3 is 0 Å². The number of morpholine rings is 1. The summed E-state index contributed by atoms with van der Waals surface area (Å²) in [5, 5.41) is 0.640. The molecule has 0 aliphatic carbocycles. The largest absolute Gasteiger partial charge is 0.398 e. The zero-order valence-electron chi connectivity index (χ0n) is 11.7. The number of anilines is 1. The van der Waals surface area contributed by atoms with Crippen LogP contribution >= 0.6 is 11.6 Å². The predicted octanol–water partition coefficient (Wildman–Crippen LogP) is 1.83. The first-order valence-corrected chi connectivity index (χ1v) is 7.68. The molecule has 20 heavy (non-hydrogen) atoms. The molecular weight excluding hydrogens is 274 g/mol. The van der Waals surface area contributed by atoms with E-state index in [1.54, 1.807) is 0 Å². The molecule has 0 spiro atoms. The molecule has 0 radical (unpaired) electrons. The minimum atomic E-state index is 0.640. The van der Waals surface area contributed by atoms with Crippen molar-refractivity contribution in [2.45, 2.75) is 19.0 Å². The van der Waals surface area contributed by atoms with Crippen LogP contribution in [0.1, 0.15) is 12.0 Å².